The fraction of sp³-hybridized carbons (Fsp3) is 0.278. The van der Waals surface area contributed by atoms with Gasteiger partial charge in [-0.2, -0.15) is 13.2 Å². The Kier molecular flexibility index (Phi) is 6.85. The van der Waals surface area contributed by atoms with E-state index >= 15 is 0 Å². The molecule has 2 rings (SSSR count). The molecule has 0 aliphatic carbocycles. The van der Waals surface area contributed by atoms with Gasteiger partial charge in [0.05, 0.1) is 12.2 Å². The molecule has 1 heterocycles. The minimum atomic E-state index is -4.69. The molecule has 0 atom stereocenters. The standard InChI is InChI=1S/C18H17ClF3N3O3/c1-3-28-15(26)9-23-17(27)12-6-7-14(18(20,21)22)25-16(12)24-13-8-11(19)5-4-10(13)2/h4-8H,3,9H2,1-2H3,(H,23,27)(H,24,25). The Morgan fingerprint density at radius 2 is 1.93 bits per heavy atom. The molecule has 0 aliphatic heterocycles. The average molecular weight is 416 g/mol. The van der Waals surface area contributed by atoms with Gasteiger partial charge >= 0.3 is 12.1 Å². The predicted octanol–water partition coefficient (Wildman–Crippen LogP) is 4.10. The summed E-state index contributed by atoms with van der Waals surface area (Å²) in [4.78, 5) is 27.3. The highest BCUT2D eigenvalue weighted by Crippen LogP contribution is 2.31. The number of carbonyl (C=O) groups is 2. The van der Waals surface area contributed by atoms with Crippen molar-refractivity contribution >= 4 is 35.0 Å². The van der Waals surface area contributed by atoms with E-state index in [1.54, 1.807) is 26.0 Å². The van der Waals surface area contributed by atoms with E-state index in [-0.39, 0.29) is 18.0 Å². The lowest BCUT2D eigenvalue weighted by Gasteiger charge is -2.15. The Hall–Kier alpha value is -2.81. The number of alkyl halides is 3. The van der Waals surface area contributed by atoms with Crippen molar-refractivity contribution in [3.05, 3.63) is 52.2 Å². The minimum Gasteiger partial charge on any atom is -0.465 e. The van der Waals surface area contributed by atoms with E-state index in [0.717, 1.165) is 6.07 Å². The van der Waals surface area contributed by atoms with E-state index in [1.807, 2.05) is 0 Å². The second-order valence-electron chi connectivity index (χ2n) is 5.66. The van der Waals surface area contributed by atoms with Crippen LogP contribution in [0.3, 0.4) is 0 Å². The van der Waals surface area contributed by atoms with Crippen LogP contribution in [0.1, 0.15) is 28.5 Å². The molecule has 0 bridgehead atoms. The smallest absolute Gasteiger partial charge is 0.433 e. The number of pyridine rings is 1. The third kappa shape index (κ3) is 5.59. The first-order valence-electron chi connectivity index (χ1n) is 8.17. The third-order valence-corrected chi connectivity index (χ3v) is 3.82. The molecule has 0 unspecified atom stereocenters. The number of hydrogen-bond donors (Lipinski definition) is 2. The van der Waals surface area contributed by atoms with E-state index in [4.69, 9.17) is 16.3 Å². The van der Waals surface area contributed by atoms with Gasteiger partial charge in [-0.3, -0.25) is 9.59 Å². The average Bonchev–Trinajstić information content (AvgIpc) is 2.62. The van der Waals surface area contributed by atoms with Crippen LogP contribution >= 0.6 is 11.6 Å². The maximum Gasteiger partial charge on any atom is 0.433 e. The lowest BCUT2D eigenvalue weighted by molar-refractivity contribution is -0.142. The van der Waals surface area contributed by atoms with Gasteiger partial charge in [-0.1, -0.05) is 17.7 Å². The van der Waals surface area contributed by atoms with Crippen molar-refractivity contribution in [2.75, 3.05) is 18.5 Å². The molecule has 2 N–H and O–H groups in total. The quantitative estimate of drug-likeness (QED) is 0.694. The zero-order chi connectivity index (χ0) is 20.9. The number of rotatable bonds is 6. The SMILES string of the molecule is CCOC(=O)CNC(=O)c1ccc(C(F)(F)F)nc1Nc1cc(Cl)ccc1C. The van der Waals surface area contributed by atoms with Crippen LogP contribution in [0.25, 0.3) is 0 Å². The van der Waals surface area contributed by atoms with Crippen LogP contribution in [0, 0.1) is 6.92 Å². The number of nitrogens with one attached hydrogen (secondary N) is 2. The normalized spacial score (nSPS) is 11.1. The summed E-state index contributed by atoms with van der Waals surface area (Å²) in [6.07, 6.45) is -4.69. The number of amides is 1. The van der Waals surface area contributed by atoms with Crippen LogP contribution in [0.5, 0.6) is 0 Å². The molecule has 10 heteroatoms. The first-order chi connectivity index (χ1) is 13.1. The Morgan fingerprint density at radius 1 is 1.21 bits per heavy atom. The van der Waals surface area contributed by atoms with Crippen molar-refractivity contribution in [1.29, 1.82) is 0 Å². The summed E-state index contributed by atoms with van der Waals surface area (Å²) in [7, 11) is 0. The number of hydrogen-bond acceptors (Lipinski definition) is 5. The van der Waals surface area contributed by atoms with E-state index < -0.39 is 30.3 Å². The number of aromatic nitrogens is 1. The molecule has 6 nitrogen and oxygen atoms in total. The largest absolute Gasteiger partial charge is 0.465 e. The number of halogens is 4. The van der Waals surface area contributed by atoms with E-state index in [2.05, 4.69) is 15.6 Å². The molecule has 0 saturated carbocycles. The molecule has 1 aromatic carbocycles. The zero-order valence-corrected chi connectivity index (χ0v) is 15.7. The number of esters is 1. The van der Waals surface area contributed by atoms with Gasteiger partial charge in [0.1, 0.15) is 18.1 Å². The van der Waals surface area contributed by atoms with Gasteiger partial charge in [-0.05, 0) is 43.7 Å². The van der Waals surface area contributed by atoms with Crippen molar-refractivity contribution in [3.63, 3.8) is 0 Å². The molecule has 1 aromatic heterocycles. The molecule has 150 valence electrons. The summed E-state index contributed by atoms with van der Waals surface area (Å²) in [5.41, 5.74) is -0.270. The van der Waals surface area contributed by atoms with Gasteiger partial charge in [0, 0.05) is 10.7 Å². The van der Waals surface area contributed by atoms with E-state index in [0.29, 0.717) is 22.3 Å². The maximum absolute atomic E-state index is 13.0. The maximum atomic E-state index is 13.0. The van der Waals surface area contributed by atoms with Crippen LogP contribution in [-0.4, -0.2) is 30.0 Å². The molecule has 0 aliphatic rings. The van der Waals surface area contributed by atoms with Crippen LogP contribution in [0.4, 0.5) is 24.7 Å². The summed E-state index contributed by atoms with van der Waals surface area (Å²) < 4.78 is 43.8. The van der Waals surface area contributed by atoms with Gasteiger partial charge in [-0.25, -0.2) is 4.98 Å². The zero-order valence-electron chi connectivity index (χ0n) is 15.0. The highest BCUT2D eigenvalue weighted by molar-refractivity contribution is 6.30. The molecule has 0 saturated heterocycles. The molecule has 0 radical (unpaired) electrons. The van der Waals surface area contributed by atoms with Gasteiger partial charge in [0.2, 0.25) is 0 Å². The van der Waals surface area contributed by atoms with Crippen molar-refractivity contribution in [1.82, 2.24) is 10.3 Å². The highest BCUT2D eigenvalue weighted by atomic mass is 35.5. The topological polar surface area (TPSA) is 80.3 Å². The lowest BCUT2D eigenvalue weighted by atomic mass is 10.1. The molecule has 2 aromatic rings. The van der Waals surface area contributed by atoms with E-state index in [9.17, 15) is 22.8 Å². The summed E-state index contributed by atoms with van der Waals surface area (Å²) >= 11 is 5.93. The lowest BCUT2D eigenvalue weighted by Crippen LogP contribution is -2.31. The second kappa shape index (κ2) is 8.92. The van der Waals surface area contributed by atoms with Crippen LogP contribution in [0.2, 0.25) is 5.02 Å². The van der Waals surface area contributed by atoms with Crippen molar-refractivity contribution in [2.24, 2.45) is 0 Å². The van der Waals surface area contributed by atoms with Crippen molar-refractivity contribution in [3.8, 4) is 0 Å². The Morgan fingerprint density at radius 3 is 2.57 bits per heavy atom. The Bertz CT molecular complexity index is 888. The van der Waals surface area contributed by atoms with Crippen molar-refractivity contribution < 1.29 is 27.5 Å². The van der Waals surface area contributed by atoms with E-state index in [1.165, 1.54) is 6.07 Å². The fourth-order valence-electron chi connectivity index (χ4n) is 2.21. The Balaban J connectivity index is 2.37. The molecular weight excluding hydrogens is 399 g/mol. The van der Waals surface area contributed by atoms with Crippen LogP contribution in [-0.2, 0) is 15.7 Å². The second-order valence-corrected chi connectivity index (χ2v) is 6.10. The minimum absolute atomic E-state index is 0.136. The number of carbonyl (C=O) groups excluding carboxylic acids is 2. The number of benzene rings is 1. The van der Waals surface area contributed by atoms with Gasteiger partial charge in [0.15, 0.2) is 0 Å². The van der Waals surface area contributed by atoms with Gasteiger partial charge in [0.25, 0.3) is 5.91 Å². The first-order valence-corrected chi connectivity index (χ1v) is 8.55. The number of nitrogens with zero attached hydrogens (tertiary/aromatic N) is 1. The van der Waals surface area contributed by atoms with Crippen LogP contribution < -0.4 is 10.6 Å². The van der Waals surface area contributed by atoms with Crippen molar-refractivity contribution in [2.45, 2.75) is 20.0 Å². The number of ether oxygens (including phenoxy) is 1. The summed E-state index contributed by atoms with van der Waals surface area (Å²) in [6, 6.07) is 6.46. The number of anilines is 2. The summed E-state index contributed by atoms with van der Waals surface area (Å²) in [5.74, 6) is -1.77. The molecule has 0 spiro atoms. The van der Waals surface area contributed by atoms with Gasteiger partial charge in [-0.15, -0.1) is 0 Å². The Labute approximate surface area is 164 Å². The molecule has 0 fully saturated rings. The number of aryl methyl sites for hydroxylation is 1. The monoisotopic (exact) mass is 415 g/mol. The fourth-order valence-corrected chi connectivity index (χ4v) is 2.38. The molecule has 28 heavy (non-hydrogen) atoms. The molecular formula is C18H17ClF3N3O3. The summed E-state index contributed by atoms with van der Waals surface area (Å²) in [5, 5.41) is 5.36. The summed E-state index contributed by atoms with van der Waals surface area (Å²) in [6.45, 7) is 3.03. The third-order valence-electron chi connectivity index (χ3n) is 3.58. The molecule has 1 amide bonds. The van der Waals surface area contributed by atoms with Gasteiger partial charge < -0.3 is 15.4 Å². The van der Waals surface area contributed by atoms with Crippen LogP contribution in [0.15, 0.2) is 30.3 Å². The predicted molar refractivity (Wildman–Crippen MR) is 97.7 cm³/mol. The highest BCUT2D eigenvalue weighted by Gasteiger charge is 2.33. The first kappa shape index (κ1) is 21.5.